The molecule has 0 saturated heterocycles. The van der Waals surface area contributed by atoms with Crippen molar-refractivity contribution in [2.75, 3.05) is 12.0 Å². The summed E-state index contributed by atoms with van der Waals surface area (Å²) >= 11 is 1.59. The molecule has 136 valence electrons. The second-order valence-corrected chi connectivity index (χ2v) is 7.03. The molecule has 0 amide bonds. The van der Waals surface area contributed by atoms with Crippen molar-refractivity contribution in [1.82, 2.24) is 9.55 Å². The number of aromatic nitrogens is 2. The standard InChI is InChI=1S/C21H20N4OS/c1-2-9-18(10-3-1)26-15-7-14-25-13-6-8-17(25)16-22-24-21-23-19-11-4-5-12-20(19)27-21/h1-6,8-13,16H,7,14-15H2,(H,23,24)/b22-16+. The number of para-hydroxylation sites is 2. The lowest BCUT2D eigenvalue weighted by molar-refractivity contribution is 0.302. The van der Waals surface area contributed by atoms with E-state index in [2.05, 4.69) is 32.3 Å². The monoisotopic (exact) mass is 376 g/mol. The van der Waals surface area contributed by atoms with Crippen molar-refractivity contribution in [2.24, 2.45) is 5.10 Å². The van der Waals surface area contributed by atoms with Crippen molar-refractivity contribution in [1.29, 1.82) is 0 Å². The summed E-state index contributed by atoms with van der Waals surface area (Å²) in [6.45, 7) is 1.56. The number of fused-ring (bicyclic) bond motifs is 1. The predicted octanol–water partition coefficient (Wildman–Crippen LogP) is 5.01. The lowest BCUT2D eigenvalue weighted by Gasteiger charge is -2.08. The molecule has 4 aromatic rings. The first-order valence-corrected chi connectivity index (χ1v) is 9.68. The first-order chi connectivity index (χ1) is 13.4. The number of nitrogens with one attached hydrogen (secondary N) is 1. The van der Waals surface area contributed by atoms with Gasteiger partial charge in [-0.3, -0.25) is 5.43 Å². The van der Waals surface area contributed by atoms with E-state index < -0.39 is 0 Å². The number of anilines is 1. The summed E-state index contributed by atoms with van der Waals surface area (Å²) in [6, 6.07) is 22.0. The number of hydrogen-bond acceptors (Lipinski definition) is 5. The van der Waals surface area contributed by atoms with Gasteiger partial charge in [-0.15, -0.1) is 0 Å². The Bertz CT molecular complexity index is 990. The summed E-state index contributed by atoms with van der Waals surface area (Å²) in [4.78, 5) is 4.51. The third-order valence-electron chi connectivity index (χ3n) is 4.07. The van der Waals surface area contributed by atoms with Crippen LogP contribution in [0.5, 0.6) is 5.75 Å². The number of thiazole rings is 1. The van der Waals surface area contributed by atoms with Crippen LogP contribution in [0.15, 0.2) is 78.0 Å². The maximum absolute atomic E-state index is 5.75. The Labute approximate surface area is 161 Å². The van der Waals surface area contributed by atoms with E-state index in [4.69, 9.17) is 4.74 Å². The maximum atomic E-state index is 5.75. The first-order valence-electron chi connectivity index (χ1n) is 8.86. The highest BCUT2D eigenvalue weighted by atomic mass is 32.1. The summed E-state index contributed by atoms with van der Waals surface area (Å²) < 4.78 is 9.06. The number of ether oxygens (including phenoxy) is 1. The first kappa shape index (κ1) is 17.3. The van der Waals surface area contributed by atoms with Gasteiger partial charge in [0.05, 0.1) is 28.7 Å². The Morgan fingerprint density at radius 3 is 2.78 bits per heavy atom. The van der Waals surface area contributed by atoms with Crippen LogP contribution in [-0.2, 0) is 6.54 Å². The molecule has 4 rings (SSSR count). The minimum Gasteiger partial charge on any atom is -0.494 e. The summed E-state index contributed by atoms with van der Waals surface area (Å²) in [5, 5.41) is 5.13. The van der Waals surface area contributed by atoms with E-state index in [-0.39, 0.29) is 0 Å². The smallest absolute Gasteiger partial charge is 0.204 e. The van der Waals surface area contributed by atoms with Crippen molar-refractivity contribution < 1.29 is 4.74 Å². The Morgan fingerprint density at radius 1 is 1.04 bits per heavy atom. The Morgan fingerprint density at radius 2 is 1.89 bits per heavy atom. The van der Waals surface area contributed by atoms with E-state index in [0.717, 1.165) is 39.8 Å². The third-order valence-corrected chi connectivity index (χ3v) is 5.01. The second-order valence-electron chi connectivity index (χ2n) is 6.00. The van der Waals surface area contributed by atoms with Crippen molar-refractivity contribution >= 4 is 32.9 Å². The molecule has 0 fully saturated rings. The van der Waals surface area contributed by atoms with Gasteiger partial charge in [0.2, 0.25) is 5.13 Å². The van der Waals surface area contributed by atoms with E-state index >= 15 is 0 Å². The summed E-state index contributed by atoms with van der Waals surface area (Å²) in [5.74, 6) is 0.909. The van der Waals surface area contributed by atoms with Gasteiger partial charge in [0, 0.05) is 12.7 Å². The molecule has 0 atom stereocenters. The van der Waals surface area contributed by atoms with Gasteiger partial charge in [0.1, 0.15) is 5.75 Å². The van der Waals surface area contributed by atoms with Gasteiger partial charge in [-0.1, -0.05) is 41.7 Å². The third kappa shape index (κ3) is 4.54. The molecule has 0 saturated carbocycles. The fourth-order valence-electron chi connectivity index (χ4n) is 2.76. The van der Waals surface area contributed by atoms with Crippen LogP contribution in [0.3, 0.4) is 0 Å². The van der Waals surface area contributed by atoms with Crippen molar-refractivity contribution in [3.63, 3.8) is 0 Å². The predicted molar refractivity (Wildman–Crippen MR) is 112 cm³/mol. The van der Waals surface area contributed by atoms with Crippen molar-refractivity contribution in [2.45, 2.75) is 13.0 Å². The molecule has 1 N–H and O–H groups in total. The van der Waals surface area contributed by atoms with Gasteiger partial charge >= 0.3 is 0 Å². The normalized spacial score (nSPS) is 11.3. The molecule has 2 heterocycles. The molecule has 2 aromatic heterocycles. The van der Waals surface area contributed by atoms with Gasteiger partial charge < -0.3 is 9.30 Å². The van der Waals surface area contributed by atoms with Crippen molar-refractivity contribution in [3.8, 4) is 5.75 Å². The Balaban J connectivity index is 1.29. The Hall–Kier alpha value is -3.12. The number of nitrogens with zero attached hydrogens (tertiary/aromatic N) is 3. The van der Waals surface area contributed by atoms with Crippen LogP contribution in [0.25, 0.3) is 10.2 Å². The highest BCUT2D eigenvalue weighted by Crippen LogP contribution is 2.25. The topological polar surface area (TPSA) is 51.4 Å². The minimum absolute atomic E-state index is 0.683. The summed E-state index contributed by atoms with van der Waals surface area (Å²) in [5.41, 5.74) is 5.06. The lowest BCUT2D eigenvalue weighted by atomic mass is 10.3. The van der Waals surface area contributed by atoms with Crippen LogP contribution < -0.4 is 10.2 Å². The number of hydrazone groups is 1. The SMILES string of the molecule is C(=N\Nc1nc2ccccc2s1)/c1cccn1CCCOc1ccccc1. The van der Waals surface area contributed by atoms with Crippen LogP contribution in [0, 0.1) is 0 Å². The minimum atomic E-state index is 0.683. The quantitative estimate of drug-likeness (QED) is 0.267. The highest BCUT2D eigenvalue weighted by Gasteiger charge is 2.02. The van der Waals surface area contributed by atoms with Gasteiger partial charge in [0.25, 0.3) is 0 Å². The molecule has 0 unspecified atom stereocenters. The molecule has 0 spiro atoms. The highest BCUT2D eigenvalue weighted by molar-refractivity contribution is 7.22. The van der Waals surface area contributed by atoms with E-state index in [9.17, 15) is 0 Å². The van der Waals surface area contributed by atoms with Gasteiger partial charge in [-0.2, -0.15) is 5.10 Å². The number of benzene rings is 2. The molecule has 6 heteroatoms. The fourth-order valence-corrected chi connectivity index (χ4v) is 3.58. The molecule has 0 aliphatic carbocycles. The largest absolute Gasteiger partial charge is 0.494 e. The number of hydrogen-bond donors (Lipinski definition) is 1. The fraction of sp³-hybridized carbons (Fsp3) is 0.143. The van der Waals surface area contributed by atoms with Crippen LogP contribution >= 0.6 is 11.3 Å². The van der Waals surface area contributed by atoms with Crippen molar-refractivity contribution in [3.05, 3.63) is 78.6 Å². The second kappa shape index (κ2) is 8.51. The number of aryl methyl sites for hydroxylation is 1. The zero-order valence-electron chi connectivity index (χ0n) is 14.8. The number of rotatable bonds is 8. The van der Waals surface area contributed by atoms with Gasteiger partial charge in [-0.25, -0.2) is 4.98 Å². The molecule has 2 aromatic carbocycles. The molecule has 0 bridgehead atoms. The van der Waals surface area contributed by atoms with Crippen LogP contribution in [0.1, 0.15) is 12.1 Å². The van der Waals surface area contributed by atoms with E-state index in [1.807, 2.05) is 66.9 Å². The van der Waals surface area contributed by atoms with E-state index in [1.165, 1.54) is 0 Å². The summed E-state index contributed by atoms with van der Waals surface area (Å²) in [7, 11) is 0. The average Bonchev–Trinajstić information content (AvgIpc) is 3.32. The molecular weight excluding hydrogens is 356 g/mol. The zero-order valence-corrected chi connectivity index (χ0v) is 15.6. The maximum Gasteiger partial charge on any atom is 0.204 e. The van der Waals surface area contributed by atoms with E-state index in [0.29, 0.717) is 6.61 Å². The molecule has 0 radical (unpaired) electrons. The van der Waals surface area contributed by atoms with Gasteiger partial charge in [-0.05, 0) is 42.8 Å². The molecule has 0 aliphatic rings. The van der Waals surface area contributed by atoms with Crippen LogP contribution in [0.2, 0.25) is 0 Å². The zero-order chi connectivity index (χ0) is 18.3. The molecule has 0 aliphatic heterocycles. The van der Waals surface area contributed by atoms with Crippen LogP contribution in [-0.4, -0.2) is 22.4 Å². The Kier molecular flexibility index (Phi) is 5.45. The van der Waals surface area contributed by atoms with Crippen LogP contribution in [0.4, 0.5) is 5.13 Å². The lowest BCUT2D eigenvalue weighted by Crippen LogP contribution is -2.06. The molecular formula is C21H20N4OS. The molecule has 5 nitrogen and oxygen atoms in total. The van der Waals surface area contributed by atoms with Gasteiger partial charge in [0.15, 0.2) is 0 Å². The molecule has 27 heavy (non-hydrogen) atoms. The summed E-state index contributed by atoms with van der Waals surface area (Å²) in [6.07, 6.45) is 4.81. The van der Waals surface area contributed by atoms with E-state index in [1.54, 1.807) is 11.3 Å². The average molecular weight is 376 g/mol.